The number of nitrogen functional groups attached to an aromatic ring is 1. The van der Waals surface area contributed by atoms with E-state index in [-0.39, 0.29) is 31.6 Å². The molecule has 1 saturated heterocycles. The minimum atomic E-state index is -0.348. The van der Waals surface area contributed by atoms with Crippen molar-refractivity contribution in [1.82, 2.24) is 14.7 Å². The molecule has 0 saturated carbocycles. The summed E-state index contributed by atoms with van der Waals surface area (Å²) in [6, 6.07) is 0. The number of ether oxygens (including phenoxy) is 1. The molecule has 2 amide bonds. The van der Waals surface area contributed by atoms with Crippen molar-refractivity contribution in [2.75, 3.05) is 18.9 Å². The van der Waals surface area contributed by atoms with Crippen LogP contribution in [0.5, 0.6) is 0 Å². The van der Waals surface area contributed by atoms with Gasteiger partial charge >= 0.3 is 0 Å². The summed E-state index contributed by atoms with van der Waals surface area (Å²) in [7, 11) is 1.70. The predicted molar refractivity (Wildman–Crippen MR) is 54.0 cm³/mol. The van der Waals surface area contributed by atoms with Crippen molar-refractivity contribution in [2.24, 2.45) is 7.05 Å². The molecule has 7 heteroatoms. The van der Waals surface area contributed by atoms with Crippen LogP contribution in [0.25, 0.3) is 0 Å². The number of anilines is 1. The smallest absolute Gasteiger partial charge is 0.255 e. The van der Waals surface area contributed by atoms with Crippen molar-refractivity contribution in [3.63, 3.8) is 0 Å². The lowest BCUT2D eigenvalue weighted by molar-refractivity contribution is -0.159. The third-order valence-electron chi connectivity index (χ3n) is 2.45. The van der Waals surface area contributed by atoms with E-state index in [1.165, 1.54) is 4.68 Å². The van der Waals surface area contributed by atoms with Crippen LogP contribution in [0, 0.1) is 0 Å². The number of hydrogen-bond acceptors (Lipinski definition) is 5. The zero-order valence-corrected chi connectivity index (χ0v) is 8.84. The maximum absolute atomic E-state index is 11.4. The van der Waals surface area contributed by atoms with Crippen molar-refractivity contribution >= 4 is 17.6 Å². The summed E-state index contributed by atoms with van der Waals surface area (Å²) in [6.45, 7) is 0.0263. The molecule has 0 aromatic carbocycles. The SMILES string of the molecule is Cn1ncc(CN2C(=O)COCC2=O)c1N. The number of carbonyl (C=O) groups is 2. The number of imide groups is 1. The molecule has 1 aliphatic heterocycles. The Bertz CT molecular complexity index is 424. The Balaban J connectivity index is 2.17. The monoisotopic (exact) mass is 224 g/mol. The number of rotatable bonds is 2. The van der Waals surface area contributed by atoms with Gasteiger partial charge in [-0.3, -0.25) is 19.2 Å². The van der Waals surface area contributed by atoms with Gasteiger partial charge in [-0.05, 0) is 0 Å². The number of nitrogens with zero attached hydrogens (tertiary/aromatic N) is 3. The lowest BCUT2D eigenvalue weighted by Gasteiger charge is -2.24. The molecular weight excluding hydrogens is 212 g/mol. The molecule has 86 valence electrons. The van der Waals surface area contributed by atoms with E-state index in [0.717, 1.165) is 4.90 Å². The highest BCUT2D eigenvalue weighted by Crippen LogP contribution is 2.14. The van der Waals surface area contributed by atoms with Gasteiger partial charge in [-0.2, -0.15) is 5.10 Å². The fraction of sp³-hybridized carbons (Fsp3) is 0.444. The quantitative estimate of drug-likeness (QED) is 0.643. The largest absolute Gasteiger partial charge is 0.384 e. The van der Waals surface area contributed by atoms with Gasteiger partial charge in [0.2, 0.25) is 0 Å². The summed E-state index contributed by atoms with van der Waals surface area (Å²) in [5.41, 5.74) is 6.39. The minimum Gasteiger partial charge on any atom is -0.384 e. The summed E-state index contributed by atoms with van der Waals surface area (Å²) in [5, 5.41) is 3.94. The molecule has 0 radical (unpaired) electrons. The van der Waals surface area contributed by atoms with Gasteiger partial charge in [-0.15, -0.1) is 0 Å². The Labute approximate surface area is 91.8 Å². The zero-order valence-electron chi connectivity index (χ0n) is 8.84. The minimum absolute atomic E-state index is 0.0636. The average molecular weight is 224 g/mol. The van der Waals surface area contributed by atoms with Crippen LogP contribution in [0.3, 0.4) is 0 Å². The third kappa shape index (κ3) is 1.76. The first-order valence-electron chi connectivity index (χ1n) is 4.77. The second-order valence-corrected chi connectivity index (χ2v) is 3.55. The molecule has 7 nitrogen and oxygen atoms in total. The van der Waals surface area contributed by atoms with Gasteiger partial charge in [0.1, 0.15) is 19.0 Å². The van der Waals surface area contributed by atoms with E-state index in [1.54, 1.807) is 13.2 Å². The van der Waals surface area contributed by atoms with Crippen molar-refractivity contribution in [3.05, 3.63) is 11.8 Å². The van der Waals surface area contributed by atoms with E-state index >= 15 is 0 Å². The van der Waals surface area contributed by atoms with E-state index < -0.39 is 0 Å². The van der Waals surface area contributed by atoms with Crippen molar-refractivity contribution in [1.29, 1.82) is 0 Å². The van der Waals surface area contributed by atoms with E-state index in [9.17, 15) is 9.59 Å². The number of nitrogens with two attached hydrogens (primary N) is 1. The molecule has 16 heavy (non-hydrogen) atoms. The van der Waals surface area contributed by atoms with Gasteiger partial charge in [-0.1, -0.05) is 0 Å². The number of amides is 2. The highest BCUT2D eigenvalue weighted by Gasteiger charge is 2.27. The van der Waals surface area contributed by atoms with Crippen LogP contribution in [0.4, 0.5) is 5.82 Å². The summed E-state index contributed by atoms with van der Waals surface area (Å²) >= 11 is 0. The number of morpholine rings is 1. The maximum atomic E-state index is 11.4. The third-order valence-corrected chi connectivity index (χ3v) is 2.45. The van der Waals surface area contributed by atoms with Crippen LogP contribution in [0.15, 0.2) is 6.20 Å². The molecule has 1 aromatic heterocycles. The molecule has 1 aromatic rings. The molecule has 0 unspecified atom stereocenters. The lowest BCUT2D eigenvalue weighted by Crippen LogP contribution is -2.45. The van der Waals surface area contributed by atoms with Gasteiger partial charge < -0.3 is 10.5 Å². The van der Waals surface area contributed by atoms with Gasteiger partial charge in [0.25, 0.3) is 11.8 Å². The van der Waals surface area contributed by atoms with Gasteiger partial charge in [0.05, 0.1) is 12.7 Å². The van der Waals surface area contributed by atoms with Crippen molar-refractivity contribution in [3.8, 4) is 0 Å². The van der Waals surface area contributed by atoms with Crippen molar-refractivity contribution < 1.29 is 14.3 Å². The summed E-state index contributed by atoms with van der Waals surface area (Å²) in [6.07, 6.45) is 1.55. The summed E-state index contributed by atoms with van der Waals surface area (Å²) in [4.78, 5) is 24.0. The number of aryl methyl sites for hydroxylation is 1. The highest BCUT2D eigenvalue weighted by atomic mass is 16.5. The van der Waals surface area contributed by atoms with Gasteiger partial charge in [-0.25, -0.2) is 0 Å². The molecule has 2 N–H and O–H groups in total. The first kappa shape index (κ1) is 10.6. The van der Waals surface area contributed by atoms with Crippen LogP contribution >= 0.6 is 0 Å². The van der Waals surface area contributed by atoms with Crippen LogP contribution < -0.4 is 5.73 Å². The molecule has 0 bridgehead atoms. The number of hydrogen-bond donors (Lipinski definition) is 1. The van der Waals surface area contributed by atoms with E-state index in [0.29, 0.717) is 11.4 Å². The van der Waals surface area contributed by atoms with Gasteiger partial charge in [0.15, 0.2) is 0 Å². The standard InChI is InChI=1S/C9H12N4O3/c1-12-9(10)6(2-11-12)3-13-7(14)4-16-5-8(13)15/h2H,3-5,10H2,1H3. The van der Waals surface area contributed by atoms with E-state index in [4.69, 9.17) is 10.5 Å². The second kappa shape index (κ2) is 3.93. The normalized spacial score (nSPS) is 16.9. The lowest BCUT2D eigenvalue weighted by atomic mass is 10.2. The molecular formula is C9H12N4O3. The molecule has 0 atom stereocenters. The van der Waals surface area contributed by atoms with Crippen LogP contribution in [-0.4, -0.2) is 39.7 Å². The molecule has 1 aliphatic rings. The Morgan fingerprint density at radius 1 is 1.44 bits per heavy atom. The zero-order chi connectivity index (χ0) is 11.7. The summed E-state index contributed by atoms with van der Waals surface area (Å²) in [5.74, 6) is -0.244. The first-order valence-corrected chi connectivity index (χ1v) is 4.77. The van der Waals surface area contributed by atoms with Crippen molar-refractivity contribution in [2.45, 2.75) is 6.54 Å². The fourth-order valence-electron chi connectivity index (χ4n) is 1.48. The van der Waals surface area contributed by atoms with E-state index in [1.807, 2.05) is 0 Å². The second-order valence-electron chi connectivity index (χ2n) is 3.55. The molecule has 2 heterocycles. The Hall–Kier alpha value is -1.89. The molecule has 0 spiro atoms. The molecule has 1 fully saturated rings. The Kier molecular flexibility index (Phi) is 2.61. The Morgan fingerprint density at radius 3 is 2.56 bits per heavy atom. The van der Waals surface area contributed by atoms with Crippen LogP contribution in [-0.2, 0) is 27.9 Å². The highest BCUT2D eigenvalue weighted by molar-refractivity contribution is 5.98. The molecule has 0 aliphatic carbocycles. The van der Waals surface area contributed by atoms with Gasteiger partial charge in [0, 0.05) is 12.6 Å². The predicted octanol–water partition coefficient (Wildman–Crippen LogP) is -1.11. The number of aromatic nitrogens is 2. The van der Waals surface area contributed by atoms with Crippen LogP contribution in [0.1, 0.15) is 5.56 Å². The average Bonchev–Trinajstić information content (AvgIpc) is 2.55. The maximum Gasteiger partial charge on any atom is 0.255 e. The summed E-state index contributed by atoms with van der Waals surface area (Å²) < 4.78 is 6.30. The van der Waals surface area contributed by atoms with Crippen LogP contribution in [0.2, 0.25) is 0 Å². The first-order chi connectivity index (χ1) is 7.59. The molecule has 2 rings (SSSR count). The number of carbonyl (C=O) groups excluding carboxylic acids is 2. The fourth-order valence-corrected chi connectivity index (χ4v) is 1.48. The van der Waals surface area contributed by atoms with E-state index in [2.05, 4.69) is 5.10 Å². The Morgan fingerprint density at radius 2 is 2.06 bits per heavy atom. The topological polar surface area (TPSA) is 90.5 Å².